The minimum atomic E-state index is -4.03. The summed E-state index contributed by atoms with van der Waals surface area (Å²) in [5.41, 5.74) is 8.26. The zero-order valence-corrected chi connectivity index (χ0v) is 81.9. The van der Waals surface area contributed by atoms with Crippen LogP contribution in [0.25, 0.3) is 15.4 Å². The highest BCUT2D eigenvalue weighted by atomic mass is 32.2. The lowest BCUT2D eigenvalue weighted by Crippen LogP contribution is -2.43. The molecule has 720 valence electrons. The van der Waals surface area contributed by atoms with E-state index in [1.165, 1.54) is 52.0 Å². The predicted octanol–water partition coefficient (Wildman–Crippen LogP) is 15.0. The number of methoxy groups -OCH3 is 2. The number of carbonyl (C=O) groups is 4. The number of fused-ring (bicyclic) bond motifs is 4. The van der Waals surface area contributed by atoms with Gasteiger partial charge in [-0.1, -0.05) is 103 Å². The predicted molar refractivity (Wildman–Crippen MR) is 508 cm³/mol. The fourth-order valence-corrected chi connectivity index (χ4v) is 26.0. The number of carboxylic acids is 2. The summed E-state index contributed by atoms with van der Waals surface area (Å²) in [6.45, 7) is 25.1. The van der Waals surface area contributed by atoms with Gasteiger partial charge in [0.2, 0.25) is 20.0 Å². The number of aliphatic hydroxyl groups excluding tert-OH is 2. The quantitative estimate of drug-likeness (QED) is 0.0263. The van der Waals surface area contributed by atoms with E-state index >= 15 is 0 Å². The highest BCUT2D eigenvalue weighted by Gasteiger charge is 2.55. The van der Waals surface area contributed by atoms with Crippen LogP contribution in [0.5, 0.6) is 17.2 Å². The molecule has 2 aliphatic carbocycles. The number of para-hydroxylation sites is 2. The lowest BCUT2D eigenvalue weighted by Gasteiger charge is -2.30. The fourth-order valence-electron chi connectivity index (χ4n) is 20.1. The summed E-state index contributed by atoms with van der Waals surface area (Å²) in [4.78, 5) is 68.1. The maximum atomic E-state index is 14.1. The van der Waals surface area contributed by atoms with E-state index in [1.807, 2.05) is 121 Å². The van der Waals surface area contributed by atoms with Crippen LogP contribution in [-0.2, 0) is 103 Å². The van der Waals surface area contributed by atoms with E-state index < -0.39 is 91.7 Å². The van der Waals surface area contributed by atoms with Crippen molar-refractivity contribution in [1.29, 1.82) is 0 Å². The maximum absolute atomic E-state index is 14.1. The van der Waals surface area contributed by atoms with Crippen LogP contribution in [0.3, 0.4) is 0 Å². The molecule has 4 N–H and O–H groups in total. The highest BCUT2D eigenvalue weighted by molar-refractivity contribution is 7.89. The molecule has 5 aromatic carbocycles. The number of aryl methyl sites for hydroxylation is 2. The molecule has 133 heavy (non-hydrogen) atoms. The number of nitrogens with zero attached hydrogens (tertiary/aromatic N) is 8. The van der Waals surface area contributed by atoms with Gasteiger partial charge in [0.1, 0.15) is 41.2 Å². The number of hydrogen-bond donors (Lipinski definition) is 4. The van der Waals surface area contributed by atoms with Crippen molar-refractivity contribution in [3.8, 4) is 32.7 Å². The molecule has 0 amide bonds. The summed E-state index contributed by atoms with van der Waals surface area (Å²) in [6.07, 6.45) is 5.99. The zero-order chi connectivity index (χ0) is 94.8. The molecule has 0 radical (unpaired) electrons. The van der Waals surface area contributed by atoms with Crippen molar-refractivity contribution in [2.24, 2.45) is 46.3 Å². The van der Waals surface area contributed by atoms with Gasteiger partial charge in [0, 0.05) is 92.9 Å². The number of rotatable bonds is 37. The Morgan fingerprint density at radius 3 is 1.61 bits per heavy atom. The SMILES string of the molecule is COc1ccc(S(=O)(=O)N(CC(C)C)C[C@@H](O)[C@@H](CC(=O)O[C@H]2CO[C@@]3(C)OCC[C@@H]23)Cc2ccc(N(C)Cc3nc(N4CCCC4)sc3-c3sc4c(c3C(=O)O)CC(C)(C)CC4)cc2)cc1.COc1ccc(S(=O)(=O)N(CC(C)C)C[C@@H](O)[C@@H](CC(=O)O[C@H]2CO[C@@]3(C)OCC[C@@H]23)Cc2ccc(N3CC[C@H](Oc4ccccc4-n4nc5c(c4C(=O)O)CC(C)(C)CC5)C3)cc2)cc1. The highest BCUT2D eigenvalue weighted by Crippen LogP contribution is 2.51. The molecule has 8 aliphatic rings. The Hall–Kier alpha value is -9.10. The van der Waals surface area contributed by atoms with Crippen LogP contribution >= 0.6 is 22.7 Å². The van der Waals surface area contributed by atoms with Gasteiger partial charge in [-0.25, -0.2) is 36.1 Å². The van der Waals surface area contributed by atoms with Crippen molar-refractivity contribution in [1.82, 2.24) is 23.4 Å². The topological polar surface area (TPSA) is 347 Å². The lowest BCUT2D eigenvalue weighted by molar-refractivity contribution is -0.182. The average Bonchev–Trinajstić information content (AvgIpc) is 1.59. The van der Waals surface area contributed by atoms with E-state index in [1.54, 1.807) is 51.6 Å². The molecule has 16 rings (SSSR count). The molecule has 6 fully saturated rings. The van der Waals surface area contributed by atoms with Crippen LogP contribution in [-0.4, -0.2) is 227 Å². The van der Waals surface area contributed by atoms with Crippen LogP contribution < -0.4 is 28.9 Å². The Bertz CT molecular complexity index is 5660. The van der Waals surface area contributed by atoms with Crippen molar-refractivity contribution in [3.63, 3.8) is 0 Å². The second-order valence-electron chi connectivity index (χ2n) is 39.7. The number of aromatic carboxylic acids is 2. The summed E-state index contributed by atoms with van der Waals surface area (Å²) in [5, 5.41) is 50.8. The molecule has 6 saturated heterocycles. The molecule has 9 heterocycles. The van der Waals surface area contributed by atoms with Crippen molar-refractivity contribution in [2.45, 2.75) is 224 Å². The van der Waals surface area contributed by atoms with E-state index in [4.69, 9.17) is 52.7 Å². The summed E-state index contributed by atoms with van der Waals surface area (Å²) < 4.78 is 113. The van der Waals surface area contributed by atoms with Crippen molar-refractivity contribution in [2.75, 3.05) is 115 Å². The fraction of sp³-hybridized carbons (Fsp3) is 0.560. The first-order chi connectivity index (χ1) is 63.3. The van der Waals surface area contributed by atoms with E-state index in [0.29, 0.717) is 74.1 Å². The number of thiazole rings is 1. The van der Waals surface area contributed by atoms with Gasteiger partial charge < -0.3 is 77.8 Å². The largest absolute Gasteiger partial charge is 0.497 e. The first kappa shape index (κ1) is 98.4. The third kappa shape index (κ3) is 22.6. The Kier molecular flexibility index (Phi) is 30.4. The summed E-state index contributed by atoms with van der Waals surface area (Å²) >= 11 is 3.21. The molecule has 6 aliphatic heterocycles. The summed E-state index contributed by atoms with van der Waals surface area (Å²) in [5.74, 6) is -4.54. The van der Waals surface area contributed by atoms with E-state index in [0.717, 1.165) is 131 Å². The van der Waals surface area contributed by atoms with E-state index in [9.17, 15) is 56.4 Å². The van der Waals surface area contributed by atoms with Crippen LogP contribution in [0, 0.1) is 46.3 Å². The molecular weight excluding hydrogens is 1780 g/mol. The second-order valence-corrected chi connectivity index (χ2v) is 45.7. The van der Waals surface area contributed by atoms with E-state index in [-0.39, 0.29) is 121 Å². The lowest BCUT2D eigenvalue weighted by atomic mass is 9.76. The first-order valence-electron chi connectivity index (χ1n) is 46.7. The molecule has 0 unspecified atom stereocenters. The molecule has 3 aromatic heterocycles. The number of aromatic nitrogens is 3. The molecule has 0 bridgehead atoms. The van der Waals surface area contributed by atoms with Crippen molar-refractivity contribution in [3.05, 3.63) is 171 Å². The van der Waals surface area contributed by atoms with Gasteiger partial charge in [0.25, 0.3) is 0 Å². The number of aliphatic hydroxyl groups is 2. The van der Waals surface area contributed by atoms with Crippen LogP contribution in [0.15, 0.2) is 131 Å². The van der Waals surface area contributed by atoms with Crippen molar-refractivity contribution < 1.29 is 99.1 Å². The number of carbonyl (C=O) groups excluding carboxylic acids is 2. The Labute approximate surface area is 789 Å². The molecular formula is C100H130N8O21S4. The van der Waals surface area contributed by atoms with Gasteiger partial charge >= 0.3 is 23.9 Å². The maximum Gasteiger partial charge on any atom is 0.354 e. The Balaban J connectivity index is 0.000000203. The minimum absolute atomic E-state index is 0.0116. The zero-order valence-electron chi connectivity index (χ0n) is 78.6. The van der Waals surface area contributed by atoms with E-state index in [2.05, 4.69) is 42.4 Å². The number of hydrogen-bond acceptors (Lipinski definition) is 26. The van der Waals surface area contributed by atoms with Gasteiger partial charge in [-0.2, -0.15) is 13.7 Å². The smallest absolute Gasteiger partial charge is 0.354 e. The van der Waals surface area contributed by atoms with Crippen LogP contribution in [0.4, 0.5) is 16.5 Å². The standard InChI is InChI=1S/C50H64N4O11S.C50H66N4O10S3/c1-32(2)28-53(66(59,60)38-17-15-36(61-6)16-18-38)30-43(55)34(26-46(56)65-45-31-63-50(5)40(45)21-24-62-50)25-33-11-13-35(14-12-33)52-23-20-37(29-52)64-44-10-8-7-9-42(44)54-47(48(57)58)39-27-49(3,4)22-19-41(39)51-54;1-31(2)27-54(67(59,60)36-16-14-35(61-7)15-17-36)29-40(55)33(25-43(56)64-41-30-63-50(5)38(41)19-23-62-50)24-32-10-12-34(13-11-32)52(6)28-39-45(66-48(51-39)53-21-8-9-22-53)46-44(47(57)58)37-26-49(3,4)20-18-42(37)65-46/h7-18,32,34,37,40,43,45,55H,19-31H2,1-6H3,(H,57,58);10-17,31,33,38,40-41,55H,8-9,18-30H2,1-7H3,(H,57,58)/t34-,37+,40+,43-,45+,50-;33-,38+,40-,41+,50-/m11/s1. The molecule has 0 saturated carbocycles. The number of anilines is 3. The number of thiophene rings is 1. The number of esters is 2. The minimum Gasteiger partial charge on any atom is -0.497 e. The second kappa shape index (κ2) is 41.1. The van der Waals surface area contributed by atoms with Gasteiger partial charge in [-0.3, -0.25) is 9.59 Å². The van der Waals surface area contributed by atoms with Crippen molar-refractivity contribution >= 4 is 83.1 Å². The van der Waals surface area contributed by atoms with Gasteiger partial charge in [0.15, 0.2) is 22.4 Å². The van der Waals surface area contributed by atoms with Gasteiger partial charge in [0.05, 0.1) is 127 Å². The number of ether oxygens (including phenoxy) is 9. The third-order valence-corrected chi connectivity index (χ3v) is 33.9. The molecule has 11 atom stereocenters. The number of benzene rings is 5. The first-order valence-corrected chi connectivity index (χ1v) is 51.2. The number of sulfonamides is 2. The summed E-state index contributed by atoms with van der Waals surface area (Å²) in [6, 6.07) is 35.7. The van der Waals surface area contributed by atoms with Gasteiger partial charge in [-0.05, 0) is 215 Å². The average molecular weight is 1910 g/mol. The summed E-state index contributed by atoms with van der Waals surface area (Å²) in [7, 11) is -3.04. The monoisotopic (exact) mass is 1910 g/mol. The number of carboxylic acid groups (broad SMARTS) is 2. The molecule has 0 spiro atoms. The van der Waals surface area contributed by atoms with Crippen LogP contribution in [0.1, 0.15) is 186 Å². The van der Waals surface area contributed by atoms with Gasteiger partial charge in [-0.15, -0.1) is 11.3 Å². The Morgan fingerprint density at radius 1 is 0.586 bits per heavy atom. The van der Waals surface area contributed by atoms with Crippen LogP contribution in [0.2, 0.25) is 0 Å². The molecule has 29 nitrogen and oxygen atoms in total. The molecule has 8 aromatic rings. The molecule has 33 heteroatoms. The third-order valence-electron chi connectivity index (χ3n) is 27.6. The Morgan fingerprint density at radius 2 is 1.10 bits per heavy atom. The normalized spacial score (nSPS) is 22.8.